The number of hydrogen-bond acceptors (Lipinski definition) is 3. The quantitative estimate of drug-likeness (QED) is 0.857. The molecule has 2 N–H and O–H groups in total. The Morgan fingerprint density at radius 3 is 2.62 bits per heavy atom. The Morgan fingerprint density at radius 1 is 1.33 bits per heavy atom. The summed E-state index contributed by atoms with van der Waals surface area (Å²) in [5.41, 5.74) is 0.998. The molecular formula is C18H26ClN3O2. The Balaban J connectivity index is 1.98. The molecule has 0 radical (unpaired) electrons. The topological polar surface area (TPSA) is 61.4 Å². The lowest BCUT2D eigenvalue weighted by Gasteiger charge is -2.27. The van der Waals surface area contributed by atoms with E-state index >= 15 is 0 Å². The third-order valence-corrected chi connectivity index (χ3v) is 4.91. The van der Waals surface area contributed by atoms with E-state index in [1.54, 1.807) is 32.3 Å². The first-order chi connectivity index (χ1) is 11.4. The first kappa shape index (κ1) is 18.7. The lowest BCUT2D eigenvalue weighted by molar-refractivity contribution is -0.117. The number of nitrogens with zero attached hydrogens (tertiary/aromatic N) is 1. The van der Waals surface area contributed by atoms with Crippen molar-refractivity contribution in [2.45, 2.75) is 26.2 Å². The van der Waals surface area contributed by atoms with Gasteiger partial charge in [-0.25, -0.2) is 0 Å². The number of rotatable bonds is 5. The number of piperidine rings is 1. The number of halogens is 1. The minimum absolute atomic E-state index is 0.0217. The standard InChI is InChI=1S/C18H26ClN3O2/c1-12(13-6-8-20-9-7-13)10-17(23)21-14-4-5-16(19)15(11-14)18(24)22(2)3/h4-5,11-13,20H,6-10H2,1-3H3,(H,21,23). The molecule has 0 saturated carbocycles. The van der Waals surface area contributed by atoms with Crippen LogP contribution in [0.4, 0.5) is 5.69 Å². The summed E-state index contributed by atoms with van der Waals surface area (Å²) in [7, 11) is 3.34. The molecule has 24 heavy (non-hydrogen) atoms. The maximum atomic E-state index is 12.3. The van der Waals surface area contributed by atoms with E-state index in [0.717, 1.165) is 25.9 Å². The van der Waals surface area contributed by atoms with Gasteiger partial charge in [0.2, 0.25) is 5.91 Å². The van der Waals surface area contributed by atoms with Crippen molar-refractivity contribution >= 4 is 29.1 Å². The summed E-state index contributed by atoms with van der Waals surface area (Å²) >= 11 is 6.09. The Kier molecular flexibility index (Phi) is 6.63. The molecule has 2 amide bonds. The maximum absolute atomic E-state index is 12.3. The fraction of sp³-hybridized carbons (Fsp3) is 0.556. The Morgan fingerprint density at radius 2 is 2.00 bits per heavy atom. The zero-order chi connectivity index (χ0) is 17.7. The van der Waals surface area contributed by atoms with E-state index in [1.165, 1.54) is 4.90 Å². The van der Waals surface area contributed by atoms with E-state index in [0.29, 0.717) is 34.5 Å². The smallest absolute Gasteiger partial charge is 0.254 e. The van der Waals surface area contributed by atoms with Gasteiger partial charge in [-0.05, 0) is 56.0 Å². The van der Waals surface area contributed by atoms with Crippen LogP contribution in [0, 0.1) is 11.8 Å². The summed E-state index contributed by atoms with van der Waals surface area (Å²) in [5.74, 6) is 0.737. The Labute approximate surface area is 148 Å². The molecule has 1 aliphatic heterocycles. The number of carbonyl (C=O) groups is 2. The van der Waals surface area contributed by atoms with Gasteiger partial charge < -0.3 is 15.5 Å². The van der Waals surface area contributed by atoms with Crippen molar-refractivity contribution in [1.29, 1.82) is 0 Å². The molecule has 1 atom stereocenters. The van der Waals surface area contributed by atoms with Gasteiger partial charge in [0.05, 0.1) is 10.6 Å². The van der Waals surface area contributed by atoms with Crippen LogP contribution in [0.2, 0.25) is 5.02 Å². The van der Waals surface area contributed by atoms with E-state index in [9.17, 15) is 9.59 Å². The van der Waals surface area contributed by atoms with Crippen LogP contribution in [0.1, 0.15) is 36.5 Å². The van der Waals surface area contributed by atoms with Crippen LogP contribution < -0.4 is 10.6 Å². The average molecular weight is 352 g/mol. The molecule has 1 unspecified atom stereocenters. The maximum Gasteiger partial charge on any atom is 0.254 e. The first-order valence-corrected chi connectivity index (χ1v) is 8.78. The zero-order valence-electron chi connectivity index (χ0n) is 14.6. The largest absolute Gasteiger partial charge is 0.345 e. The molecule has 6 heteroatoms. The van der Waals surface area contributed by atoms with Crippen LogP contribution in [0.3, 0.4) is 0 Å². The van der Waals surface area contributed by atoms with Gasteiger partial charge in [0.15, 0.2) is 0 Å². The van der Waals surface area contributed by atoms with Crippen molar-refractivity contribution in [2.24, 2.45) is 11.8 Å². The summed E-state index contributed by atoms with van der Waals surface area (Å²) < 4.78 is 0. The summed E-state index contributed by atoms with van der Waals surface area (Å²) in [6.45, 7) is 4.20. The van der Waals surface area contributed by atoms with Gasteiger partial charge in [0, 0.05) is 26.2 Å². The van der Waals surface area contributed by atoms with Crippen LogP contribution in [0.25, 0.3) is 0 Å². The average Bonchev–Trinajstić information content (AvgIpc) is 2.56. The molecule has 132 valence electrons. The van der Waals surface area contributed by atoms with E-state index < -0.39 is 0 Å². The fourth-order valence-electron chi connectivity index (χ4n) is 3.09. The second-order valence-electron chi connectivity index (χ2n) is 6.71. The van der Waals surface area contributed by atoms with E-state index in [1.807, 2.05) is 0 Å². The summed E-state index contributed by atoms with van der Waals surface area (Å²) in [5, 5.41) is 6.62. The van der Waals surface area contributed by atoms with Crippen molar-refractivity contribution in [3.8, 4) is 0 Å². The van der Waals surface area contributed by atoms with Gasteiger partial charge in [-0.1, -0.05) is 18.5 Å². The Bertz CT molecular complexity index is 598. The predicted molar refractivity (Wildman–Crippen MR) is 97.5 cm³/mol. The third kappa shape index (κ3) is 4.95. The van der Waals surface area contributed by atoms with E-state index in [-0.39, 0.29) is 11.8 Å². The van der Waals surface area contributed by atoms with Gasteiger partial charge in [-0.3, -0.25) is 9.59 Å². The predicted octanol–water partition coefficient (Wildman–Crippen LogP) is 3.01. The number of anilines is 1. The van der Waals surface area contributed by atoms with Crippen molar-refractivity contribution < 1.29 is 9.59 Å². The normalized spacial score (nSPS) is 16.5. The highest BCUT2D eigenvalue weighted by Gasteiger charge is 2.22. The molecule has 0 spiro atoms. The van der Waals surface area contributed by atoms with Gasteiger partial charge in [0.1, 0.15) is 0 Å². The highest BCUT2D eigenvalue weighted by atomic mass is 35.5. The highest BCUT2D eigenvalue weighted by Crippen LogP contribution is 2.26. The molecule has 0 aliphatic carbocycles. The molecule has 1 fully saturated rings. The van der Waals surface area contributed by atoms with Crippen molar-refractivity contribution in [1.82, 2.24) is 10.2 Å². The molecule has 1 aromatic rings. The number of nitrogens with one attached hydrogen (secondary N) is 2. The lowest BCUT2D eigenvalue weighted by atomic mass is 9.84. The second kappa shape index (κ2) is 8.49. The van der Waals surface area contributed by atoms with Gasteiger partial charge >= 0.3 is 0 Å². The van der Waals surface area contributed by atoms with Crippen molar-refractivity contribution in [2.75, 3.05) is 32.5 Å². The van der Waals surface area contributed by atoms with Gasteiger partial charge in [-0.15, -0.1) is 0 Å². The molecule has 0 aromatic heterocycles. The molecule has 0 bridgehead atoms. The summed E-state index contributed by atoms with van der Waals surface area (Å²) in [4.78, 5) is 25.9. The number of amides is 2. The zero-order valence-corrected chi connectivity index (χ0v) is 15.3. The van der Waals surface area contributed by atoms with Gasteiger partial charge in [-0.2, -0.15) is 0 Å². The van der Waals surface area contributed by atoms with Crippen LogP contribution in [-0.2, 0) is 4.79 Å². The second-order valence-corrected chi connectivity index (χ2v) is 7.12. The molecule has 1 aliphatic rings. The van der Waals surface area contributed by atoms with Crippen LogP contribution in [0.15, 0.2) is 18.2 Å². The number of benzene rings is 1. The summed E-state index contributed by atoms with van der Waals surface area (Å²) in [6, 6.07) is 5.00. The van der Waals surface area contributed by atoms with Crippen LogP contribution >= 0.6 is 11.6 Å². The monoisotopic (exact) mass is 351 g/mol. The van der Waals surface area contributed by atoms with E-state index in [4.69, 9.17) is 11.6 Å². The molecule has 1 heterocycles. The number of hydrogen-bond donors (Lipinski definition) is 2. The van der Waals surface area contributed by atoms with Crippen LogP contribution in [0.5, 0.6) is 0 Å². The van der Waals surface area contributed by atoms with E-state index in [2.05, 4.69) is 17.6 Å². The third-order valence-electron chi connectivity index (χ3n) is 4.58. The van der Waals surface area contributed by atoms with Crippen molar-refractivity contribution in [3.63, 3.8) is 0 Å². The van der Waals surface area contributed by atoms with Gasteiger partial charge in [0.25, 0.3) is 5.91 Å². The fourth-order valence-corrected chi connectivity index (χ4v) is 3.29. The molecular weight excluding hydrogens is 326 g/mol. The summed E-state index contributed by atoms with van der Waals surface area (Å²) in [6.07, 6.45) is 2.73. The highest BCUT2D eigenvalue weighted by molar-refractivity contribution is 6.34. The minimum Gasteiger partial charge on any atom is -0.345 e. The SMILES string of the molecule is CC(CC(=O)Nc1ccc(Cl)c(C(=O)N(C)C)c1)C1CCNCC1. The minimum atomic E-state index is -0.181. The molecule has 5 nitrogen and oxygen atoms in total. The van der Waals surface area contributed by atoms with Crippen LogP contribution in [-0.4, -0.2) is 43.9 Å². The Hall–Kier alpha value is -1.59. The van der Waals surface area contributed by atoms with Crippen molar-refractivity contribution in [3.05, 3.63) is 28.8 Å². The molecule has 1 saturated heterocycles. The molecule has 2 rings (SSSR count). The number of carbonyl (C=O) groups excluding carboxylic acids is 2. The first-order valence-electron chi connectivity index (χ1n) is 8.40. The molecule has 1 aromatic carbocycles. The lowest BCUT2D eigenvalue weighted by Crippen LogP contribution is -2.32.